The second kappa shape index (κ2) is 5.19. The van der Waals surface area contributed by atoms with Crippen molar-refractivity contribution in [3.8, 4) is 0 Å². The van der Waals surface area contributed by atoms with Gasteiger partial charge in [0.1, 0.15) is 0 Å². The molecular weight excluding hydrogens is 168 g/mol. The highest BCUT2D eigenvalue weighted by molar-refractivity contribution is 4.83. The Hall–Kier alpha value is 0. The molecule has 0 aromatic heterocycles. The fourth-order valence-corrected chi connectivity index (χ4v) is 3.26. The maximum atomic E-state index is 2.45. The summed E-state index contributed by atoms with van der Waals surface area (Å²) in [6, 6.07) is 0. The number of hydrogen-bond acceptors (Lipinski definition) is 0. The first-order valence-electron chi connectivity index (χ1n) is 6.56. The molecule has 0 heteroatoms. The zero-order valence-electron chi connectivity index (χ0n) is 10.7. The molecule has 0 radical (unpaired) electrons. The predicted octanol–water partition coefficient (Wildman–Crippen LogP) is 4.74. The molecule has 1 saturated carbocycles. The molecule has 0 bridgehead atoms. The minimum absolute atomic E-state index is 0.890. The Balaban J connectivity index is 2.60. The molecule has 0 aromatic carbocycles. The molecule has 0 spiro atoms. The Morgan fingerprint density at radius 3 is 2.14 bits per heavy atom. The van der Waals surface area contributed by atoms with Crippen LogP contribution in [-0.2, 0) is 0 Å². The normalized spacial score (nSPS) is 39.0. The van der Waals surface area contributed by atoms with E-state index < -0.39 is 0 Å². The van der Waals surface area contributed by atoms with Crippen LogP contribution in [0.15, 0.2) is 0 Å². The summed E-state index contributed by atoms with van der Waals surface area (Å²) in [5.74, 6) is 4.82. The van der Waals surface area contributed by atoms with Gasteiger partial charge in [-0.1, -0.05) is 47.5 Å². The van der Waals surface area contributed by atoms with Gasteiger partial charge in [0.05, 0.1) is 0 Å². The van der Waals surface area contributed by atoms with E-state index in [0.717, 1.165) is 29.6 Å². The molecular formula is C14H28. The van der Waals surface area contributed by atoms with Crippen LogP contribution in [0.3, 0.4) is 0 Å². The van der Waals surface area contributed by atoms with Crippen LogP contribution >= 0.6 is 0 Å². The van der Waals surface area contributed by atoms with Crippen LogP contribution < -0.4 is 0 Å². The minimum atomic E-state index is 0.890. The average Bonchev–Trinajstić information content (AvgIpc) is 2.11. The van der Waals surface area contributed by atoms with Crippen molar-refractivity contribution in [2.75, 3.05) is 0 Å². The molecule has 4 atom stereocenters. The lowest BCUT2D eigenvalue weighted by Crippen LogP contribution is -2.32. The Morgan fingerprint density at radius 1 is 1.07 bits per heavy atom. The van der Waals surface area contributed by atoms with Gasteiger partial charge in [-0.2, -0.15) is 0 Å². The highest BCUT2D eigenvalue weighted by atomic mass is 14.4. The van der Waals surface area contributed by atoms with Crippen molar-refractivity contribution >= 4 is 0 Å². The second-order valence-electron chi connectivity index (χ2n) is 5.88. The summed E-state index contributed by atoms with van der Waals surface area (Å²) < 4.78 is 0. The third kappa shape index (κ3) is 2.74. The topological polar surface area (TPSA) is 0 Å². The van der Waals surface area contributed by atoms with E-state index in [4.69, 9.17) is 0 Å². The maximum Gasteiger partial charge on any atom is -0.0360 e. The average molecular weight is 196 g/mol. The summed E-state index contributed by atoms with van der Waals surface area (Å²) in [4.78, 5) is 0. The third-order valence-electron chi connectivity index (χ3n) is 4.41. The van der Waals surface area contributed by atoms with E-state index in [-0.39, 0.29) is 0 Å². The van der Waals surface area contributed by atoms with Crippen molar-refractivity contribution in [3.05, 3.63) is 0 Å². The first kappa shape index (κ1) is 12.1. The van der Waals surface area contributed by atoms with E-state index in [1.165, 1.54) is 25.7 Å². The molecule has 1 rings (SSSR count). The molecule has 4 unspecified atom stereocenters. The standard InChI is InChI=1S/C14H28/c1-6-7-13-8-11(4)12(5)9-14(13)10(2)3/h10-14H,6-9H2,1-5H3. The largest absolute Gasteiger partial charge is 0.0654 e. The van der Waals surface area contributed by atoms with Gasteiger partial charge in [0, 0.05) is 0 Å². The van der Waals surface area contributed by atoms with Gasteiger partial charge in [-0.05, 0) is 42.4 Å². The second-order valence-corrected chi connectivity index (χ2v) is 5.88. The molecule has 0 N–H and O–H groups in total. The van der Waals surface area contributed by atoms with Crippen LogP contribution in [0.1, 0.15) is 60.3 Å². The Labute approximate surface area is 90.5 Å². The van der Waals surface area contributed by atoms with Crippen LogP contribution in [0.2, 0.25) is 0 Å². The van der Waals surface area contributed by atoms with Gasteiger partial charge in [0.25, 0.3) is 0 Å². The molecule has 14 heavy (non-hydrogen) atoms. The van der Waals surface area contributed by atoms with Crippen molar-refractivity contribution in [3.63, 3.8) is 0 Å². The molecule has 1 aliphatic rings. The first-order valence-corrected chi connectivity index (χ1v) is 6.56. The summed E-state index contributed by atoms with van der Waals surface area (Å²) >= 11 is 0. The predicted molar refractivity (Wildman–Crippen MR) is 64.3 cm³/mol. The van der Waals surface area contributed by atoms with E-state index in [1.807, 2.05) is 0 Å². The molecule has 84 valence electrons. The molecule has 0 aromatic rings. The van der Waals surface area contributed by atoms with Gasteiger partial charge in [-0.3, -0.25) is 0 Å². The maximum absolute atomic E-state index is 2.45. The molecule has 0 aliphatic heterocycles. The van der Waals surface area contributed by atoms with Gasteiger partial charge in [-0.15, -0.1) is 0 Å². The van der Waals surface area contributed by atoms with Gasteiger partial charge in [0.2, 0.25) is 0 Å². The molecule has 1 aliphatic carbocycles. The Morgan fingerprint density at radius 2 is 1.64 bits per heavy atom. The Kier molecular flexibility index (Phi) is 4.47. The zero-order chi connectivity index (χ0) is 10.7. The van der Waals surface area contributed by atoms with Crippen LogP contribution in [0, 0.1) is 29.6 Å². The summed E-state index contributed by atoms with van der Waals surface area (Å²) in [7, 11) is 0. The molecule has 0 amide bonds. The third-order valence-corrected chi connectivity index (χ3v) is 4.41. The van der Waals surface area contributed by atoms with E-state index in [9.17, 15) is 0 Å². The van der Waals surface area contributed by atoms with E-state index in [1.54, 1.807) is 0 Å². The first-order chi connectivity index (χ1) is 6.56. The Bertz CT molecular complexity index is 159. The van der Waals surface area contributed by atoms with E-state index >= 15 is 0 Å². The van der Waals surface area contributed by atoms with Crippen molar-refractivity contribution < 1.29 is 0 Å². The SMILES string of the molecule is CCCC1CC(C)C(C)CC1C(C)C. The quantitative estimate of drug-likeness (QED) is 0.611. The molecule has 0 saturated heterocycles. The summed E-state index contributed by atoms with van der Waals surface area (Å²) in [5, 5.41) is 0. The molecule has 0 nitrogen and oxygen atoms in total. The summed E-state index contributed by atoms with van der Waals surface area (Å²) in [6.07, 6.45) is 5.79. The minimum Gasteiger partial charge on any atom is -0.0654 e. The number of rotatable bonds is 3. The number of hydrogen-bond donors (Lipinski definition) is 0. The van der Waals surface area contributed by atoms with Crippen molar-refractivity contribution in [1.29, 1.82) is 0 Å². The van der Waals surface area contributed by atoms with E-state index in [0.29, 0.717) is 0 Å². The van der Waals surface area contributed by atoms with Gasteiger partial charge in [0.15, 0.2) is 0 Å². The highest BCUT2D eigenvalue weighted by Gasteiger charge is 2.33. The molecule has 0 heterocycles. The summed E-state index contributed by atoms with van der Waals surface area (Å²) in [5.41, 5.74) is 0. The van der Waals surface area contributed by atoms with Crippen LogP contribution in [0.25, 0.3) is 0 Å². The van der Waals surface area contributed by atoms with Crippen molar-refractivity contribution in [2.45, 2.75) is 60.3 Å². The van der Waals surface area contributed by atoms with Gasteiger partial charge in [-0.25, -0.2) is 0 Å². The van der Waals surface area contributed by atoms with Crippen LogP contribution in [0.5, 0.6) is 0 Å². The lowest BCUT2D eigenvalue weighted by atomic mass is 9.65. The fraction of sp³-hybridized carbons (Fsp3) is 1.00. The lowest BCUT2D eigenvalue weighted by molar-refractivity contribution is 0.0917. The molecule has 1 fully saturated rings. The zero-order valence-corrected chi connectivity index (χ0v) is 10.7. The van der Waals surface area contributed by atoms with Crippen LogP contribution in [-0.4, -0.2) is 0 Å². The van der Waals surface area contributed by atoms with Crippen molar-refractivity contribution in [1.82, 2.24) is 0 Å². The fourth-order valence-electron chi connectivity index (χ4n) is 3.26. The monoisotopic (exact) mass is 196 g/mol. The summed E-state index contributed by atoms with van der Waals surface area (Å²) in [6.45, 7) is 12.1. The van der Waals surface area contributed by atoms with Crippen LogP contribution in [0.4, 0.5) is 0 Å². The smallest absolute Gasteiger partial charge is 0.0360 e. The van der Waals surface area contributed by atoms with Gasteiger partial charge >= 0.3 is 0 Å². The van der Waals surface area contributed by atoms with Gasteiger partial charge < -0.3 is 0 Å². The lowest BCUT2D eigenvalue weighted by Gasteiger charge is -2.41. The van der Waals surface area contributed by atoms with Crippen molar-refractivity contribution in [2.24, 2.45) is 29.6 Å². The highest BCUT2D eigenvalue weighted by Crippen LogP contribution is 2.42. The van der Waals surface area contributed by atoms with E-state index in [2.05, 4.69) is 34.6 Å².